The molecule has 0 bridgehead atoms. The zero-order valence-electron chi connectivity index (χ0n) is 18.5. The molecular formula is C23H22FN5O5. The molecule has 176 valence electrons. The lowest BCUT2D eigenvalue weighted by Gasteiger charge is -2.10. The van der Waals surface area contributed by atoms with E-state index in [1.807, 2.05) is 0 Å². The fourth-order valence-electron chi connectivity index (χ4n) is 3.08. The Morgan fingerprint density at radius 3 is 2.53 bits per heavy atom. The second kappa shape index (κ2) is 10.5. The van der Waals surface area contributed by atoms with Crippen LogP contribution in [0, 0.1) is 5.82 Å². The SMILES string of the molecule is COc1ccc(OC)c(-c2nnc3ccc(OCCNC(=O)COc4ccc(F)cc4)nn23)c1. The second-order valence-electron chi connectivity index (χ2n) is 6.97. The molecule has 2 heterocycles. The molecule has 0 aliphatic carbocycles. The number of aromatic nitrogens is 4. The maximum atomic E-state index is 12.9. The maximum Gasteiger partial charge on any atom is 0.258 e. The van der Waals surface area contributed by atoms with Gasteiger partial charge in [0.25, 0.3) is 5.91 Å². The number of ether oxygens (including phenoxy) is 4. The smallest absolute Gasteiger partial charge is 0.258 e. The molecule has 1 N–H and O–H groups in total. The van der Waals surface area contributed by atoms with Gasteiger partial charge < -0.3 is 24.3 Å². The molecule has 1 amide bonds. The first-order valence-electron chi connectivity index (χ1n) is 10.3. The highest BCUT2D eigenvalue weighted by Gasteiger charge is 2.16. The predicted molar refractivity (Wildman–Crippen MR) is 120 cm³/mol. The molecule has 4 aromatic rings. The number of carbonyl (C=O) groups excluding carboxylic acids is 1. The molecule has 2 aromatic carbocycles. The summed E-state index contributed by atoms with van der Waals surface area (Å²) in [6.07, 6.45) is 0. The van der Waals surface area contributed by atoms with Crippen LogP contribution in [0.25, 0.3) is 17.0 Å². The van der Waals surface area contributed by atoms with E-state index in [9.17, 15) is 9.18 Å². The van der Waals surface area contributed by atoms with Crippen LogP contribution in [0.3, 0.4) is 0 Å². The number of hydrogen-bond donors (Lipinski definition) is 1. The Morgan fingerprint density at radius 1 is 0.971 bits per heavy atom. The van der Waals surface area contributed by atoms with Crippen molar-refractivity contribution >= 4 is 11.6 Å². The van der Waals surface area contributed by atoms with E-state index in [0.29, 0.717) is 40.2 Å². The van der Waals surface area contributed by atoms with Gasteiger partial charge in [-0.25, -0.2) is 4.39 Å². The summed E-state index contributed by atoms with van der Waals surface area (Å²) in [6, 6.07) is 14.2. The van der Waals surface area contributed by atoms with Crippen molar-refractivity contribution in [2.24, 2.45) is 0 Å². The topological polar surface area (TPSA) is 109 Å². The summed E-state index contributed by atoms with van der Waals surface area (Å²) in [6.45, 7) is 0.229. The molecule has 0 saturated carbocycles. The number of nitrogens with zero attached hydrogens (tertiary/aromatic N) is 4. The molecule has 11 heteroatoms. The number of hydrogen-bond acceptors (Lipinski definition) is 8. The summed E-state index contributed by atoms with van der Waals surface area (Å²) in [4.78, 5) is 11.9. The first-order chi connectivity index (χ1) is 16.6. The van der Waals surface area contributed by atoms with Crippen LogP contribution in [0.2, 0.25) is 0 Å². The number of amides is 1. The van der Waals surface area contributed by atoms with E-state index in [4.69, 9.17) is 18.9 Å². The zero-order valence-corrected chi connectivity index (χ0v) is 18.5. The second-order valence-corrected chi connectivity index (χ2v) is 6.97. The van der Waals surface area contributed by atoms with E-state index >= 15 is 0 Å². The number of methoxy groups -OCH3 is 2. The summed E-state index contributed by atoms with van der Waals surface area (Å²) in [7, 11) is 3.14. The molecule has 0 radical (unpaired) electrons. The summed E-state index contributed by atoms with van der Waals surface area (Å²) in [5.41, 5.74) is 1.19. The average Bonchev–Trinajstić information content (AvgIpc) is 3.29. The number of carbonyl (C=O) groups is 1. The quantitative estimate of drug-likeness (QED) is 0.355. The fraction of sp³-hybridized carbons (Fsp3) is 0.217. The third-order valence-electron chi connectivity index (χ3n) is 4.74. The third-order valence-corrected chi connectivity index (χ3v) is 4.74. The molecule has 0 saturated heterocycles. The van der Waals surface area contributed by atoms with Gasteiger partial charge in [-0.2, -0.15) is 4.52 Å². The largest absolute Gasteiger partial charge is 0.497 e. The minimum Gasteiger partial charge on any atom is -0.497 e. The molecule has 2 aromatic heterocycles. The molecule has 0 unspecified atom stereocenters. The van der Waals surface area contributed by atoms with E-state index in [1.165, 1.54) is 24.3 Å². The lowest BCUT2D eigenvalue weighted by atomic mass is 10.2. The lowest BCUT2D eigenvalue weighted by molar-refractivity contribution is -0.123. The Bertz CT molecular complexity index is 1280. The highest BCUT2D eigenvalue weighted by molar-refractivity contribution is 5.77. The molecule has 0 fully saturated rings. The van der Waals surface area contributed by atoms with Gasteiger partial charge in [-0.1, -0.05) is 0 Å². The highest BCUT2D eigenvalue weighted by atomic mass is 19.1. The maximum absolute atomic E-state index is 12.9. The van der Waals surface area contributed by atoms with Gasteiger partial charge in [0.2, 0.25) is 5.88 Å². The van der Waals surface area contributed by atoms with Crippen LogP contribution in [-0.2, 0) is 4.79 Å². The van der Waals surface area contributed by atoms with Crippen LogP contribution in [0.15, 0.2) is 54.6 Å². The first-order valence-corrected chi connectivity index (χ1v) is 10.3. The third kappa shape index (κ3) is 5.31. The van der Waals surface area contributed by atoms with Crippen LogP contribution < -0.4 is 24.3 Å². The van der Waals surface area contributed by atoms with Crippen molar-refractivity contribution in [1.82, 2.24) is 25.1 Å². The van der Waals surface area contributed by atoms with E-state index in [1.54, 1.807) is 49.1 Å². The van der Waals surface area contributed by atoms with Gasteiger partial charge in [0.15, 0.2) is 18.1 Å². The van der Waals surface area contributed by atoms with Crippen LogP contribution in [0.5, 0.6) is 23.1 Å². The number of rotatable bonds is 10. The summed E-state index contributed by atoms with van der Waals surface area (Å²) in [5.74, 6) is 1.72. The van der Waals surface area contributed by atoms with E-state index < -0.39 is 0 Å². The monoisotopic (exact) mass is 467 g/mol. The highest BCUT2D eigenvalue weighted by Crippen LogP contribution is 2.32. The van der Waals surface area contributed by atoms with Crippen LogP contribution in [0.1, 0.15) is 0 Å². The zero-order chi connectivity index (χ0) is 23.9. The first kappa shape index (κ1) is 22.8. The van der Waals surface area contributed by atoms with Gasteiger partial charge in [0.1, 0.15) is 29.7 Å². The van der Waals surface area contributed by atoms with E-state index in [-0.39, 0.29) is 31.5 Å². The van der Waals surface area contributed by atoms with Gasteiger partial charge in [0, 0.05) is 6.07 Å². The molecule has 0 spiro atoms. The number of fused-ring (bicyclic) bond motifs is 1. The van der Waals surface area contributed by atoms with E-state index in [2.05, 4.69) is 20.6 Å². The van der Waals surface area contributed by atoms with Crippen molar-refractivity contribution in [2.75, 3.05) is 34.0 Å². The van der Waals surface area contributed by atoms with Gasteiger partial charge >= 0.3 is 0 Å². The van der Waals surface area contributed by atoms with Crippen molar-refractivity contribution in [3.63, 3.8) is 0 Å². The number of nitrogens with one attached hydrogen (secondary N) is 1. The number of benzene rings is 2. The van der Waals surface area contributed by atoms with Crippen molar-refractivity contribution in [3.8, 4) is 34.5 Å². The Kier molecular flexibility index (Phi) is 7.01. The van der Waals surface area contributed by atoms with Crippen LogP contribution in [-0.4, -0.2) is 59.7 Å². The molecular weight excluding hydrogens is 445 g/mol. The number of halogens is 1. The lowest BCUT2D eigenvalue weighted by Crippen LogP contribution is -2.32. The van der Waals surface area contributed by atoms with Gasteiger partial charge in [-0.05, 0) is 48.5 Å². The Labute approximate surface area is 194 Å². The van der Waals surface area contributed by atoms with Crippen molar-refractivity contribution in [3.05, 3.63) is 60.4 Å². The van der Waals surface area contributed by atoms with Crippen molar-refractivity contribution in [2.45, 2.75) is 0 Å². The molecule has 34 heavy (non-hydrogen) atoms. The minimum atomic E-state index is -0.373. The predicted octanol–water partition coefficient (Wildman–Crippen LogP) is 2.52. The molecule has 0 atom stereocenters. The molecule has 0 aliphatic rings. The average molecular weight is 467 g/mol. The Hall–Kier alpha value is -4.41. The van der Waals surface area contributed by atoms with E-state index in [0.717, 1.165) is 0 Å². The van der Waals surface area contributed by atoms with Crippen LogP contribution in [0.4, 0.5) is 4.39 Å². The van der Waals surface area contributed by atoms with Crippen LogP contribution >= 0.6 is 0 Å². The van der Waals surface area contributed by atoms with Crippen molar-refractivity contribution < 1.29 is 28.1 Å². The Morgan fingerprint density at radius 2 is 1.76 bits per heavy atom. The summed E-state index contributed by atoms with van der Waals surface area (Å²) < 4.78 is 36.1. The molecule has 4 rings (SSSR count). The standard InChI is InChI=1S/C23H22FN5O5/c1-31-17-7-8-19(32-2)18(13-17)23-27-26-20-9-10-22(28-29(20)23)33-12-11-25-21(30)14-34-16-5-3-15(24)4-6-16/h3-10,13H,11-12,14H2,1-2H3,(H,25,30). The minimum absolute atomic E-state index is 0.181. The molecule has 10 nitrogen and oxygen atoms in total. The Balaban J connectivity index is 1.35. The van der Waals surface area contributed by atoms with Crippen molar-refractivity contribution in [1.29, 1.82) is 0 Å². The van der Waals surface area contributed by atoms with Gasteiger partial charge in [-0.15, -0.1) is 15.3 Å². The fourth-order valence-corrected chi connectivity index (χ4v) is 3.08. The normalized spacial score (nSPS) is 10.7. The van der Waals surface area contributed by atoms with Gasteiger partial charge in [0.05, 0.1) is 26.3 Å². The summed E-state index contributed by atoms with van der Waals surface area (Å²) in [5, 5.41) is 15.5. The summed E-state index contributed by atoms with van der Waals surface area (Å²) >= 11 is 0. The van der Waals surface area contributed by atoms with Gasteiger partial charge in [-0.3, -0.25) is 4.79 Å². The molecule has 0 aliphatic heterocycles.